The molecule has 0 bridgehead atoms. The Morgan fingerprint density at radius 3 is 0.966 bits per heavy atom. The van der Waals surface area contributed by atoms with E-state index in [-0.39, 0.29) is 5.48 Å². The van der Waals surface area contributed by atoms with Crippen LogP contribution in [0.1, 0.15) is 0 Å². The molecule has 0 saturated heterocycles. The van der Waals surface area contributed by atoms with Gasteiger partial charge in [0.1, 0.15) is 0 Å². The molecule has 0 aliphatic carbocycles. The molecule has 0 saturated carbocycles. The van der Waals surface area contributed by atoms with Crippen molar-refractivity contribution in [3.63, 3.8) is 0 Å². The molecule has 3 aromatic carbocycles. The summed E-state index contributed by atoms with van der Waals surface area (Å²) in [5, 5.41) is 3.76. The van der Waals surface area contributed by atoms with Crippen molar-refractivity contribution in [2.75, 3.05) is 0 Å². The van der Waals surface area contributed by atoms with Crippen LogP contribution in [-0.4, -0.2) is 29.3 Å². The normalized spacial score (nSPS) is 11.7. The summed E-state index contributed by atoms with van der Waals surface area (Å²) in [5.74, 6) is 0. The maximum atomic E-state index is 6.23. The average Bonchev–Trinajstić information content (AvgIpc) is 2.71. The van der Waals surface area contributed by atoms with Crippen molar-refractivity contribution in [3.8, 4) is 0 Å². The zero-order chi connectivity index (χ0) is 19.8. The molecule has 0 aliphatic rings. The number of benzene rings is 3. The Hall–Kier alpha value is 0.175. The second kappa shape index (κ2) is 13.6. The molecule has 0 atom stereocenters. The molecule has 0 spiro atoms. The van der Waals surface area contributed by atoms with Crippen LogP contribution in [0.5, 0.6) is 0 Å². The molecule has 0 N–H and O–H groups in total. The van der Waals surface area contributed by atoms with Crippen LogP contribution >= 0.6 is 47.8 Å². The van der Waals surface area contributed by atoms with Crippen LogP contribution in [0.25, 0.3) is 0 Å². The van der Waals surface area contributed by atoms with Crippen molar-refractivity contribution in [2.45, 2.75) is 0 Å². The summed E-state index contributed by atoms with van der Waals surface area (Å²) in [6.07, 6.45) is 0. The third kappa shape index (κ3) is 9.46. The zero-order valence-electron chi connectivity index (χ0n) is 15.3. The second-order valence-corrected chi connectivity index (χ2v) is 17.1. The predicted octanol–water partition coefficient (Wildman–Crippen LogP) is 1.80. The fraction of sp³-hybridized carbons (Fsp3) is 0. The number of rotatable bonds is 9. The largest absolute Gasteiger partial charge is 2.00 e. The van der Waals surface area contributed by atoms with E-state index in [0.29, 0.717) is 0 Å². The first kappa shape index (κ1) is 25.4. The molecule has 0 radical (unpaired) electrons. The van der Waals surface area contributed by atoms with Gasteiger partial charge in [0.2, 0.25) is 0 Å². The Labute approximate surface area is 208 Å². The van der Waals surface area contributed by atoms with E-state index in [4.69, 9.17) is 10.1 Å². The number of hydrogen-bond acceptors (Lipinski definition) is 3. The van der Waals surface area contributed by atoms with E-state index >= 15 is 0 Å². The Kier molecular flexibility index (Phi) is 11.9. The number of halogens is 3. The summed E-state index contributed by atoms with van der Waals surface area (Å²) in [5.41, 5.74) is 0. The molecule has 0 unspecified atom stereocenters. The fourth-order valence-corrected chi connectivity index (χ4v) is 12.7. The minimum absolute atomic E-state index is 0. The molecule has 0 heterocycles. The predicted molar refractivity (Wildman–Crippen MR) is 131 cm³/mol. The van der Waals surface area contributed by atoms with Crippen LogP contribution < -0.4 is 15.6 Å². The Bertz CT molecular complexity index is 753. The van der Waals surface area contributed by atoms with Crippen molar-refractivity contribution >= 4 is 92.6 Å². The van der Waals surface area contributed by atoms with Gasteiger partial charge in [-0.2, -0.15) is 0 Å². The molecule has 3 rings (SSSR count). The van der Waals surface area contributed by atoms with Crippen LogP contribution in [0.4, 0.5) is 0 Å². The average molecular weight is 673 g/mol. The fourth-order valence-electron chi connectivity index (χ4n) is 2.24. The van der Waals surface area contributed by atoms with E-state index in [1.807, 2.05) is 0 Å². The van der Waals surface area contributed by atoms with Crippen LogP contribution in [0.3, 0.4) is 0 Å². The van der Waals surface area contributed by atoms with E-state index in [0.717, 1.165) is 13.4 Å². The van der Waals surface area contributed by atoms with Gasteiger partial charge in [-0.25, -0.2) is 0 Å². The third-order valence-corrected chi connectivity index (χ3v) is 13.5. The Morgan fingerprint density at radius 1 is 0.483 bits per heavy atom. The van der Waals surface area contributed by atoms with Crippen LogP contribution in [-0.2, 0) is 31.7 Å². The van der Waals surface area contributed by atoms with E-state index in [1.165, 1.54) is 15.6 Å². The first-order valence-corrected chi connectivity index (χ1v) is 16.4. The van der Waals surface area contributed by atoms with Crippen molar-refractivity contribution in [3.05, 3.63) is 86.2 Å². The van der Waals surface area contributed by atoms with Gasteiger partial charge in [-0.15, -0.1) is 0 Å². The SMILES string of the molecule is Brc1ccc([SiH2][O][V+2]([O][SiH2]c2ccc(Br)cc2)[O][SiH2]c2ccc(Br)cc2)cc1.[O-2]. The Balaban J connectivity index is 0.00000300. The van der Waals surface area contributed by atoms with E-state index in [9.17, 15) is 0 Å². The van der Waals surface area contributed by atoms with Gasteiger partial charge in [0, 0.05) is 0 Å². The molecule has 3 aromatic rings. The van der Waals surface area contributed by atoms with Gasteiger partial charge in [-0.3, -0.25) is 0 Å². The molecular weight excluding hydrogens is 655 g/mol. The van der Waals surface area contributed by atoms with Crippen LogP contribution in [0, 0.1) is 0 Å². The third-order valence-electron chi connectivity index (χ3n) is 3.75. The molecule has 29 heavy (non-hydrogen) atoms. The van der Waals surface area contributed by atoms with Crippen molar-refractivity contribution < 1.29 is 31.7 Å². The van der Waals surface area contributed by atoms with Crippen LogP contribution in [0.15, 0.2) is 86.2 Å². The zero-order valence-corrected chi connectivity index (χ0v) is 25.7. The first-order chi connectivity index (χ1) is 13.6. The summed E-state index contributed by atoms with van der Waals surface area (Å²) >= 11 is 8.22. The molecule has 0 aromatic heterocycles. The van der Waals surface area contributed by atoms with Gasteiger partial charge in [0.05, 0.1) is 0 Å². The topological polar surface area (TPSA) is 56.2 Å². The van der Waals surface area contributed by atoms with E-state index in [2.05, 4.69) is 121 Å². The molecule has 0 fully saturated rings. The maximum absolute atomic E-state index is 6.23. The van der Waals surface area contributed by atoms with Crippen LogP contribution in [0.2, 0.25) is 0 Å². The standard InChI is InChI=1S/3C6H6BrOSi.O.V/c3*7-5-1-3-6(9-8)4-2-5;;/h3*1-4H,9H2;;/q3*-1;-2;+5. The molecule has 11 heteroatoms. The molecule has 152 valence electrons. The first-order valence-electron chi connectivity index (χ1n) is 8.51. The maximum Gasteiger partial charge on any atom is -2.00 e. The Morgan fingerprint density at radius 2 is 0.724 bits per heavy atom. The van der Waals surface area contributed by atoms with Gasteiger partial charge < -0.3 is 5.48 Å². The monoisotopic (exact) mass is 670 g/mol. The van der Waals surface area contributed by atoms with Gasteiger partial charge in [-0.1, -0.05) is 0 Å². The van der Waals surface area contributed by atoms with Crippen molar-refractivity contribution in [1.82, 2.24) is 0 Å². The molecule has 0 aliphatic heterocycles. The van der Waals surface area contributed by atoms with Gasteiger partial charge >= 0.3 is 205 Å². The van der Waals surface area contributed by atoms with E-state index in [1.54, 1.807) is 0 Å². The van der Waals surface area contributed by atoms with E-state index < -0.39 is 45.5 Å². The molecular formula is C18H18Br3O4Si3V. The van der Waals surface area contributed by atoms with Gasteiger partial charge in [0.25, 0.3) is 0 Å². The summed E-state index contributed by atoms with van der Waals surface area (Å²) in [7, 11) is -2.59. The minimum Gasteiger partial charge on any atom is -2.00 e. The summed E-state index contributed by atoms with van der Waals surface area (Å²) in [6.45, 7) is 0. The minimum atomic E-state index is -2.21. The summed E-state index contributed by atoms with van der Waals surface area (Å²) < 4.78 is 21.9. The summed E-state index contributed by atoms with van der Waals surface area (Å²) in [6, 6.07) is 25.0. The molecule has 4 nitrogen and oxygen atoms in total. The summed E-state index contributed by atoms with van der Waals surface area (Å²) in [4.78, 5) is 0. The number of hydrogen-bond donors (Lipinski definition) is 0. The smallest absolute Gasteiger partial charge is 2.00 e. The second-order valence-electron chi connectivity index (χ2n) is 5.92. The molecule has 0 amide bonds. The van der Waals surface area contributed by atoms with Crippen molar-refractivity contribution in [1.29, 1.82) is 0 Å². The van der Waals surface area contributed by atoms with Gasteiger partial charge in [0.15, 0.2) is 0 Å². The van der Waals surface area contributed by atoms with Gasteiger partial charge in [-0.05, 0) is 0 Å². The quantitative estimate of drug-likeness (QED) is 0.326. The van der Waals surface area contributed by atoms with Crippen molar-refractivity contribution in [2.24, 2.45) is 0 Å².